The number of hydrogen-bond acceptors (Lipinski definition) is 6. The molecule has 0 saturated carbocycles. The maximum atomic E-state index is 12.2. The van der Waals surface area contributed by atoms with E-state index in [4.69, 9.17) is 4.74 Å². The van der Waals surface area contributed by atoms with Crippen molar-refractivity contribution in [1.29, 1.82) is 0 Å². The molecule has 2 aromatic rings. The van der Waals surface area contributed by atoms with E-state index < -0.39 is 0 Å². The average Bonchev–Trinajstić information content (AvgIpc) is 3.16. The molecular formula is C17H21N5O2. The molecule has 1 saturated heterocycles. The largest absolute Gasteiger partial charge is 0.478 e. The zero-order chi connectivity index (χ0) is 16.8. The Morgan fingerprint density at radius 2 is 2.08 bits per heavy atom. The number of nitrogens with one attached hydrogen (secondary N) is 1. The van der Waals surface area contributed by atoms with Gasteiger partial charge in [-0.2, -0.15) is 0 Å². The SMILES string of the molecule is CCOc1ccc(C(=O)NCc2nccc(N3CCCC3)n2)cn1. The van der Waals surface area contributed by atoms with E-state index in [0.29, 0.717) is 23.9 Å². The molecule has 1 aliphatic heterocycles. The molecule has 0 bridgehead atoms. The van der Waals surface area contributed by atoms with Crippen molar-refractivity contribution in [2.75, 3.05) is 24.6 Å². The summed E-state index contributed by atoms with van der Waals surface area (Å²) < 4.78 is 5.26. The Kier molecular flexibility index (Phi) is 5.20. The molecule has 1 amide bonds. The number of carbonyl (C=O) groups is 1. The molecule has 0 aromatic carbocycles. The third-order valence-electron chi connectivity index (χ3n) is 3.82. The lowest BCUT2D eigenvalue weighted by Crippen LogP contribution is -2.25. The topological polar surface area (TPSA) is 80.2 Å². The smallest absolute Gasteiger partial charge is 0.253 e. The van der Waals surface area contributed by atoms with Gasteiger partial charge in [-0.1, -0.05) is 0 Å². The van der Waals surface area contributed by atoms with Gasteiger partial charge in [0.2, 0.25) is 5.88 Å². The van der Waals surface area contributed by atoms with Gasteiger partial charge in [-0.3, -0.25) is 4.79 Å². The highest BCUT2D eigenvalue weighted by Gasteiger charge is 2.14. The van der Waals surface area contributed by atoms with Crippen LogP contribution in [0.2, 0.25) is 0 Å². The van der Waals surface area contributed by atoms with Crippen molar-refractivity contribution in [3.8, 4) is 5.88 Å². The summed E-state index contributed by atoms with van der Waals surface area (Å²) >= 11 is 0. The maximum absolute atomic E-state index is 12.2. The summed E-state index contributed by atoms with van der Waals surface area (Å²) in [6.45, 7) is 4.77. The summed E-state index contributed by atoms with van der Waals surface area (Å²) in [5, 5.41) is 2.82. The normalized spacial score (nSPS) is 13.8. The summed E-state index contributed by atoms with van der Waals surface area (Å²) in [5.41, 5.74) is 0.481. The average molecular weight is 327 g/mol. The van der Waals surface area contributed by atoms with Gasteiger partial charge in [-0.25, -0.2) is 15.0 Å². The molecule has 0 radical (unpaired) electrons. The molecule has 1 aliphatic rings. The summed E-state index contributed by atoms with van der Waals surface area (Å²) in [6.07, 6.45) is 5.63. The lowest BCUT2D eigenvalue weighted by atomic mass is 10.2. The summed E-state index contributed by atoms with van der Waals surface area (Å²) in [6, 6.07) is 5.28. The lowest BCUT2D eigenvalue weighted by molar-refractivity contribution is 0.0949. The molecule has 1 fully saturated rings. The number of ether oxygens (including phenoxy) is 1. The van der Waals surface area contributed by atoms with E-state index in [0.717, 1.165) is 18.9 Å². The Balaban J connectivity index is 1.58. The van der Waals surface area contributed by atoms with Gasteiger partial charge >= 0.3 is 0 Å². The molecule has 24 heavy (non-hydrogen) atoms. The Morgan fingerprint density at radius 1 is 1.25 bits per heavy atom. The fraction of sp³-hybridized carbons (Fsp3) is 0.412. The lowest BCUT2D eigenvalue weighted by Gasteiger charge is -2.16. The van der Waals surface area contributed by atoms with Crippen molar-refractivity contribution in [3.63, 3.8) is 0 Å². The number of carbonyl (C=O) groups excluding carboxylic acids is 1. The number of pyridine rings is 1. The van der Waals surface area contributed by atoms with E-state index in [-0.39, 0.29) is 12.5 Å². The van der Waals surface area contributed by atoms with Crippen LogP contribution in [0.1, 0.15) is 35.9 Å². The van der Waals surface area contributed by atoms with Crippen LogP contribution in [0, 0.1) is 0 Å². The minimum Gasteiger partial charge on any atom is -0.478 e. The van der Waals surface area contributed by atoms with Crippen LogP contribution in [-0.2, 0) is 6.54 Å². The molecule has 7 heteroatoms. The molecule has 0 spiro atoms. The maximum Gasteiger partial charge on any atom is 0.253 e. The van der Waals surface area contributed by atoms with Crippen molar-refractivity contribution in [2.24, 2.45) is 0 Å². The van der Waals surface area contributed by atoms with E-state index in [1.165, 1.54) is 19.0 Å². The van der Waals surface area contributed by atoms with Gasteiger partial charge < -0.3 is 15.0 Å². The van der Waals surface area contributed by atoms with Gasteiger partial charge in [0.05, 0.1) is 18.7 Å². The van der Waals surface area contributed by atoms with Crippen LogP contribution in [0.3, 0.4) is 0 Å². The molecule has 0 aliphatic carbocycles. The van der Waals surface area contributed by atoms with Crippen LogP contribution in [0.25, 0.3) is 0 Å². The fourth-order valence-electron chi connectivity index (χ4n) is 2.61. The zero-order valence-electron chi connectivity index (χ0n) is 13.7. The molecule has 0 unspecified atom stereocenters. The first-order chi connectivity index (χ1) is 11.8. The summed E-state index contributed by atoms with van der Waals surface area (Å²) in [4.78, 5) is 27.2. The van der Waals surface area contributed by atoms with E-state index in [2.05, 4.69) is 25.2 Å². The highest BCUT2D eigenvalue weighted by molar-refractivity contribution is 5.93. The Labute approximate surface area is 141 Å². The Bertz CT molecular complexity index is 684. The summed E-state index contributed by atoms with van der Waals surface area (Å²) in [7, 11) is 0. The van der Waals surface area contributed by atoms with E-state index >= 15 is 0 Å². The first-order valence-corrected chi connectivity index (χ1v) is 8.20. The van der Waals surface area contributed by atoms with Crippen molar-refractivity contribution in [1.82, 2.24) is 20.3 Å². The van der Waals surface area contributed by atoms with E-state index in [1.807, 2.05) is 13.0 Å². The summed E-state index contributed by atoms with van der Waals surface area (Å²) in [5.74, 6) is 1.83. The number of hydrogen-bond donors (Lipinski definition) is 1. The van der Waals surface area contributed by atoms with Crippen molar-refractivity contribution in [3.05, 3.63) is 42.0 Å². The second-order valence-electron chi connectivity index (χ2n) is 5.53. The predicted octanol–water partition coefficient (Wildman–Crippen LogP) is 1.80. The Hall–Kier alpha value is -2.70. The number of anilines is 1. The second-order valence-corrected chi connectivity index (χ2v) is 5.53. The Morgan fingerprint density at radius 3 is 2.79 bits per heavy atom. The second kappa shape index (κ2) is 7.72. The molecule has 1 N–H and O–H groups in total. The number of aromatic nitrogens is 3. The standard InChI is InChI=1S/C17H21N5O2/c1-2-24-16-6-5-13(11-19-16)17(23)20-12-14-18-8-7-15(21-14)22-9-3-4-10-22/h5-8,11H,2-4,9-10,12H2,1H3,(H,20,23). The first kappa shape index (κ1) is 16.2. The van der Waals surface area contributed by atoms with Gasteiger partial charge in [0.25, 0.3) is 5.91 Å². The fourth-order valence-corrected chi connectivity index (χ4v) is 2.61. The number of nitrogens with zero attached hydrogens (tertiary/aromatic N) is 4. The molecule has 0 atom stereocenters. The van der Waals surface area contributed by atoms with Crippen molar-refractivity contribution in [2.45, 2.75) is 26.3 Å². The molecule has 126 valence electrons. The van der Waals surface area contributed by atoms with E-state index in [9.17, 15) is 4.79 Å². The molecule has 3 rings (SSSR count). The van der Waals surface area contributed by atoms with Crippen LogP contribution in [0.4, 0.5) is 5.82 Å². The van der Waals surface area contributed by atoms with Crippen molar-refractivity contribution >= 4 is 11.7 Å². The minimum atomic E-state index is -0.208. The van der Waals surface area contributed by atoms with Crippen LogP contribution in [0.5, 0.6) is 5.88 Å². The predicted molar refractivity (Wildman–Crippen MR) is 90.1 cm³/mol. The van der Waals surface area contributed by atoms with Crippen LogP contribution < -0.4 is 15.0 Å². The highest BCUT2D eigenvalue weighted by Crippen LogP contribution is 2.16. The van der Waals surface area contributed by atoms with Gasteiger partial charge in [0.15, 0.2) is 0 Å². The zero-order valence-corrected chi connectivity index (χ0v) is 13.7. The molecule has 2 aromatic heterocycles. The van der Waals surface area contributed by atoms with E-state index in [1.54, 1.807) is 18.3 Å². The minimum absolute atomic E-state index is 0.208. The van der Waals surface area contributed by atoms with Gasteiger partial charge in [0.1, 0.15) is 11.6 Å². The van der Waals surface area contributed by atoms with Gasteiger partial charge in [0, 0.05) is 31.5 Å². The first-order valence-electron chi connectivity index (χ1n) is 8.20. The third-order valence-corrected chi connectivity index (χ3v) is 3.82. The van der Waals surface area contributed by atoms with Crippen molar-refractivity contribution < 1.29 is 9.53 Å². The van der Waals surface area contributed by atoms with Gasteiger partial charge in [-0.05, 0) is 31.9 Å². The van der Waals surface area contributed by atoms with Crippen LogP contribution in [0.15, 0.2) is 30.6 Å². The highest BCUT2D eigenvalue weighted by atomic mass is 16.5. The monoisotopic (exact) mass is 327 g/mol. The quantitative estimate of drug-likeness (QED) is 0.871. The van der Waals surface area contributed by atoms with Crippen LogP contribution in [-0.4, -0.2) is 40.6 Å². The van der Waals surface area contributed by atoms with Gasteiger partial charge in [-0.15, -0.1) is 0 Å². The number of rotatable bonds is 6. The third kappa shape index (κ3) is 3.98. The molecular weight excluding hydrogens is 306 g/mol. The molecule has 3 heterocycles. The number of amides is 1. The van der Waals surface area contributed by atoms with Crippen LogP contribution >= 0.6 is 0 Å². The molecule has 7 nitrogen and oxygen atoms in total.